The van der Waals surface area contributed by atoms with Gasteiger partial charge in [-0.05, 0) is 38.1 Å². The van der Waals surface area contributed by atoms with Gasteiger partial charge in [-0.3, -0.25) is 4.90 Å². The molecule has 9 heteroatoms. The van der Waals surface area contributed by atoms with Gasteiger partial charge in [0.1, 0.15) is 5.69 Å². The Morgan fingerprint density at radius 2 is 1.86 bits per heavy atom. The van der Waals surface area contributed by atoms with Crippen LogP contribution in [0, 0.1) is 0 Å². The number of piperazine rings is 1. The van der Waals surface area contributed by atoms with Crippen LogP contribution in [0.15, 0.2) is 36.8 Å². The van der Waals surface area contributed by atoms with Crippen molar-refractivity contribution >= 4 is 17.7 Å². The van der Waals surface area contributed by atoms with E-state index in [4.69, 9.17) is 4.74 Å². The Labute approximate surface area is 165 Å². The lowest BCUT2D eigenvalue weighted by atomic mass is 10.3. The molecule has 0 bridgehead atoms. The van der Waals surface area contributed by atoms with Crippen molar-refractivity contribution in [3.63, 3.8) is 0 Å². The maximum absolute atomic E-state index is 12.1. The zero-order valence-corrected chi connectivity index (χ0v) is 16.2. The monoisotopic (exact) mass is 385 g/mol. The van der Waals surface area contributed by atoms with Crippen LogP contribution in [-0.4, -0.2) is 71.8 Å². The van der Waals surface area contributed by atoms with Gasteiger partial charge in [-0.25, -0.2) is 19.7 Å². The Kier molecular flexibility index (Phi) is 7.36. The number of rotatable bonds is 8. The number of pyridine rings is 1. The van der Waals surface area contributed by atoms with Gasteiger partial charge in [0, 0.05) is 51.3 Å². The molecule has 0 spiro atoms. The molecule has 2 aromatic heterocycles. The van der Waals surface area contributed by atoms with E-state index in [1.165, 1.54) is 0 Å². The van der Waals surface area contributed by atoms with Crippen LogP contribution in [0.25, 0.3) is 0 Å². The standard InChI is InChI=1S/C19H27N7O2/c1-2-28-17-16(6-3-7-20-17)24-19(27)23-10-5-11-25-12-14-26(15-13-25)18-21-8-4-9-22-18/h3-4,6-9H,2,5,10-15H2,1H3,(H2,23,24,27). The number of anilines is 2. The van der Waals surface area contributed by atoms with Crippen LogP contribution in [-0.2, 0) is 0 Å². The number of carbonyl (C=O) groups excluding carboxylic acids is 1. The maximum Gasteiger partial charge on any atom is 0.319 e. The van der Waals surface area contributed by atoms with Crippen molar-refractivity contribution < 1.29 is 9.53 Å². The van der Waals surface area contributed by atoms with Gasteiger partial charge in [-0.15, -0.1) is 0 Å². The molecule has 28 heavy (non-hydrogen) atoms. The Bertz CT molecular complexity index is 736. The lowest BCUT2D eigenvalue weighted by molar-refractivity contribution is 0.243. The minimum Gasteiger partial charge on any atom is -0.476 e. The summed E-state index contributed by atoms with van der Waals surface area (Å²) in [5.74, 6) is 1.22. The van der Waals surface area contributed by atoms with E-state index in [1.54, 1.807) is 30.7 Å². The van der Waals surface area contributed by atoms with Gasteiger partial charge in [-0.2, -0.15) is 0 Å². The van der Waals surface area contributed by atoms with Crippen LogP contribution in [0.5, 0.6) is 5.88 Å². The van der Waals surface area contributed by atoms with Crippen LogP contribution in [0.2, 0.25) is 0 Å². The molecule has 0 atom stereocenters. The normalized spacial score (nSPS) is 14.5. The first-order chi connectivity index (χ1) is 13.8. The summed E-state index contributed by atoms with van der Waals surface area (Å²) in [6, 6.07) is 5.11. The van der Waals surface area contributed by atoms with Crippen LogP contribution in [0.3, 0.4) is 0 Å². The van der Waals surface area contributed by atoms with Crippen LogP contribution >= 0.6 is 0 Å². The molecule has 0 radical (unpaired) electrons. The van der Waals surface area contributed by atoms with E-state index in [0.717, 1.165) is 45.1 Å². The first-order valence-corrected chi connectivity index (χ1v) is 9.63. The second-order valence-electron chi connectivity index (χ2n) is 6.40. The average Bonchev–Trinajstić information content (AvgIpc) is 2.74. The smallest absolute Gasteiger partial charge is 0.319 e. The second-order valence-corrected chi connectivity index (χ2v) is 6.40. The molecule has 1 saturated heterocycles. The lowest BCUT2D eigenvalue weighted by Crippen LogP contribution is -2.47. The predicted molar refractivity (Wildman–Crippen MR) is 108 cm³/mol. The molecule has 3 rings (SSSR count). The molecular formula is C19H27N7O2. The fourth-order valence-corrected chi connectivity index (χ4v) is 3.03. The van der Waals surface area contributed by atoms with E-state index in [2.05, 4.69) is 35.4 Å². The molecule has 2 amide bonds. The van der Waals surface area contributed by atoms with Gasteiger partial charge in [0.15, 0.2) is 0 Å². The highest BCUT2D eigenvalue weighted by Gasteiger charge is 2.18. The first-order valence-electron chi connectivity index (χ1n) is 9.63. The number of aromatic nitrogens is 3. The molecule has 0 aliphatic carbocycles. The summed E-state index contributed by atoms with van der Waals surface area (Å²) >= 11 is 0. The number of carbonyl (C=O) groups is 1. The first kappa shape index (κ1) is 19.8. The number of hydrogen-bond donors (Lipinski definition) is 2. The highest BCUT2D eigenvalue weighted by molar-refractivity contribution is 5.90. The number of urea groups is 1. The van der Waals surface area contributed by atoms with Crippen LogP contribution in [0.4, 0.5) is 16.4 Å². The van der Waals surface area contributed by atoms with Gasteiger partial charge in [0.2, 0.25) is 11.8 Å². The number of amides is 2. The highest BCUT2D eigenvalue weighted by Crippen LogP contribution is 2.20. The molecule has 2 N–H and O–H groups in total. The van der Waals surface area contributed by atoms with E-state index in [-0.39, 0.29) is 6.03 Å². The van der Waals surface area contributed by atoms with Crippen molar-refractivity contribution in [1.29, 1.82) is 0 Å². The van der Waals surface area contributed by atoms with Gasteiger partial charge >= 0.3 is 6.03 Å². The van der Waals surface area contributed by atoms with E-state index in [1.807, 2.05) is 13.0 Å². The fourth-order valence-electron chi connectivity index (χ4n) is 3.03. The molecular weight excluding hydrogens is 358 g/mol. The van der Waals surface area contributed by atoms with Crippen molar-refractivity contribution in [2.24, 2.45) is 0 Å². The van der Waals surface area contributed by atoms with Gasteiger partial charge in [0.25, 0.3) is 0 Å². The van der Waals surface area contributed by atoms with Crippen molar-refractivity contribution in [3.05, 3.63) is 36.8 Å². The summed E-state index contributed by atoms with van der Waals surface area (Å²) in [4.78, 5) is 29.4. The summed E-state index contributed by atoms with van der Waals surface area (Å²) in [5.41, 5.74) is 0.570. The number of hydrogen-bond acceptors (Lipinski definition) is 7. The highest BCUT2D eigenvalue weighted by atomic mass is 16.5. The van der Waals surface area contributed by atoms with Gasteiger partial charge in [0.05, 0.1) is 6.61 Å². The van der Waals surface area contributed by atoms with Crippen molar-refractivity contribution in [2.75, 3.05) is 56.1 Å². The minimum absolute atomic E-state index is 0.250. The third-order valence-electron chi connectivity index (χ3n) is 4.44. The van der Waals surface area contributed by atoms with Crippen LogP contribution < -0.4 is 20.3 Å². The predicted octanol–water partition coefficient (Wildman–Crippen LogP) is 1.60. The van der Waals surface area contributed by atoms with E-state index in [0.29, 0.717) is 24.7 Å². The zero-order valence-electron chi connectivity index (χ0n) is 16.2. The van der Waals surface area contributed by atoms with Crippen molar-refractivity contribution in [3.8, 4) is 5.88 Å². The number of ether oxygens (including phenoxy) is 1. The largest absolute Gasteiger partial charge is 0.476 e. The van der Waals surface area contributed by atoms with E-state index >= 15 is 0 Å². The third-order valence-corrected chi connectivity index (χ3v) is 4.44. The summed E-state index contributed by atoms with van der Waals surface area (Å²) in [7, 11) is 0. The summed E-state index contributed by atoms with van der Waals surface area (Å²) in [6.45, 7) is 7.70. The average molecular weight is 385 g/mol. The number of nitrogens with zero attached hydrogens (tertiary/aromatic N) is 5. The topological polar surface area (TPSA) is 95.5 Å². The molecule has 3 heterocycles. The van der Waals surface area contributed by atoms with Crippen molar-refractivity contribution in [1.82, 2.24) is 25.2 Å². The van der Waals surface area contributed by atoms with Crippen LogP contribution in [0.1, 0.15) is 13.3 Å². The quantitative estimate of drug-likeness (QED) is 0.667. The summed E-state index contributed by atoms with van der Waals surface area (Å²) in [6.07, 6.45) is 6.07. The molecule has 1 aliphatic heterocycles. The molecule has 0 aromatic carbocycles. The Hall–Kier alpha value is -2.94. The van der Waals surface area contributed by atoms with Gasteiger partial charge in [-0.1, -0.05) is 0 Å². The lowest BCUT2D eigenvalue weighted by Gasteiger charge is -2.34. The molecule has 2 aromatic rings. The number of nitrogens with one attached hydrogen (secondary N) is 2. The summed E-state index contributed by atoms with van der Waals surface area (Å²) in [5, 5.41) is 5.67. The van der Waals surface area contributed by atoms with Gasteiger partial charge < -0.3 is 20.3 Å². The Morgan fingerprint density at radius 1 is 1.11 bits per heavy atom. The zero-order chi connectivity index (χ0) is 19.6. The second kappa shape index (κ2) is 10.4. The molecule has 150 valence electrons. The maximum atomic E-state index is 12.1. The third kappa shape index (κ3) is 5.78. The summed E-state index contributed by atoms with van der Waals surface area (Å²) < 4.78 is 5.41. The Morgan fingerprint density at radius 3 is 2.61 bits per heavy atom. The molecule has 1 aliphatic rings. The fraction of sp³-hybridized carbons (Fsp3) is 0.474. The molecule has 1 fully saturated rings. The van der Waals surface area contributed by atoms with Crippen molar-refractivity contribution in [2.45, 2.75) is 13.3 Å². The van der Waals surface area contributed by atoms with E-state index < -0.39 is 0 Å². The van der Waals surface area contributed by atoms with E-state index in [9.17, 15) is 4.79 Å². The Balaban J connectivity index is 1.32. The molecule has 9 nitrogen and oxygen atoms in total. The SMILES string of the molecule is CCOc1ncccc1NC(=O)NCCCN1CCN(c2ncccn2)CC1. The molecule has 0 saturated carbocycles. The molecule has 0 unspecified atom stereocenters. The minimum atomic E-state index is -0.250.